The average molecular weight is 1240 g/mol. The fraction of sp³-hybridized carbons (Fsp3) is 0.926. The highest BCUT2D eigenvalue weighted by Gasteiger charge is 2.61. The molecule has 0 spiro atoms. The molecule has 4 saturated heterocycles. The maximum Gasteiger partial charge on any atom is 0.314 e. The molecule has 0 radical (unpaired) electrons. The minimum atomic E-state index is -2.28. The van der Waals surface area contributed by atoms with Crippen LogP contribution in [0.5, 0.6) is 0 Å². The normalized spacial score (nSPS) is 46.1. The number of ether oxygens (including phenoxy) is 10. The van der Waals surface area contributed by atoms with Crippen molar-refractivity contribution in [3.05, 3.63) is 12.2 Å². The summed E-state index contributed by atoms with van der Waals surface area (Å²) in [6.45, 7) is 3.85. The van der Waals surface area contributed by atoms with E-state index in [1.165, 1.54) is 0 Å². The van der Waals surface area contributed by atoms with Gasteiger partial charge >= 0.3 is 5.97 Å². The molecule has 0 aromatic heterocycles. The first-order valence-electron chi connectivity index (χ1n) is 28.9. The molecule has 0 aromatic carbocycles. The Morgan fingerprint density at radius 3 is 1.66 bits per heavy atom. The molecule has 31 heteroatoms. The van der Waals surface area contributed by atoms with E-state index in [0.29, 0.717) is 56.9 Å². The third-order valence-corrected chi connectivity index (χ3v) is 19.1. The predicted octanol–water partition coefficient (Wildman–Crippen LogP) is -8.26. The molecule has 0 bridgehead atoms. The van der Waals surface area contributed by atoms with E-state index in [1.807, 2.05) is 0 Å². The van der Waals surface area contributed by atoms with Crippen LogP contribution in [0.25, 0.3) is 0 Å². The molecule has 7 rings (SSSR count). The Balaban J connectivity index is 1.18. The zero-order valence-corrected chi connectivity index (χ0v) is 47.5. The van der Waals surface area contributed by atoms with Crippen LogP contribution < -0.4 is 0 Å². The highest BCUT2D eigenvalue weighted by Crippen LogP contribution is 2.64. The number of hydrogen-bond donors (Lipinski definition) is 19. The quantitative estimate of drug-likeness (QED) is 0.0185. The first-order valence-corrected chi connectivity index (χ1v) is 28.9. The third-order valence-electron chi connectivity index (χ3n) is 19.1. The van der Waals surface area contributed by atoms with Gasteiger partial charge in [-0.15, -0.1) is 0 Å². The number of carbonyl (C=O) groups excluding carboxylic acids is 2. The van der Waals surface area contributed by atoms with E-state index in [2.05, 4.69) is 13.5 Å². The summed E-state index contributed by atoms with van der Waals surface area (Å²) in [5, 5.41) is 204. The van der Waals surface area contributed by atoms with Crippen molar-refractivity contribution in [2.24, 2.45) is 34.5 Å². The lowest BCUT2D eigenvalue weighted by atomic mass is 9.45. The van der Waals surface area contributed by atoms with Crippen molar-refractivity contribution in [3.63, 3.8) is 0 Å². The Morgan fingerprint density at radius 1 is 0.624 bits per heavy atom. The van der Waals surface area contributed by atoms with E-state index in [4.69, 9.17) is 47.4 Å². The average Bonchev–Trinajstić information content (AvgIpc) is 3.40. The number of aliphatic hydroxyl groups is 19. The zero-order chi connectivity index (χ0) is 62.7. The van der Waals surface area contributed by atoms with Crippen molar-refractivity contribution in [1.82, 2.24) is 0 Å². The van der Waals surface area contributed by atoms with Crippen molar-refractivity contribution in [3.8, 4) is 0 Å². The topological polar surface area (TPSA) is 511 Å². The maximum atomic E-state index is 14.9. The van der Waals surface area contributed by atoms with Crippen molar-refractivity contribution < 1.29 is 154 Å². The van der Waals surface area contributed by atoms with Gasteiger partial charge in [0.2, 0.25) is 6.29 Å². The molecule has 3 saturated carbocycles. The van der Waals surface area contributed by atoms with Crippen LogP contribution in [0, 0.1) is 34.5 Å². The summed E-state index contributed by atoms with van der Waals surface area (Å²) in [4.78, 5) is 26.2. The Morgan fingerprint density at radius 2 is 1.13 bits per heavy atom. The second kappa shape index (κ2) is 29.8. The van der Waals surface area contributed by atoms with Gasteiger partial charge in [0.15, 0.2) is 37.6 Å². The largest absolute Gasteiger partial charge is 0.432 e. The summed E-state index contributed by atoms with van der Waals surface area (Å²) >= 11 is 0. The van der Waals surface area contributed by atoms with E-state index in [9.17, 15) is 107 Å². The molecule has 31 nitrogen and oxygen atoms in total. The minimum Gasteiger partial charge on any atom is -0.432 e. The van der Waals surface area contributed by atoms with Gasteiger partial charge in [-0.25, -0.2) is 0 Å². The highest BCUT2D eigenvalue weighted by molar-refractivity contribution is 5.77. The van der Waals surface area contributed by atoms with Gasteiger partial charge < -0.3 is 149 Å². The van der Waals surface area contributed by atoms with Gasteiger partial charge in [0.05, 0.1) is 44.6 Å². The first kappa shape index (κ1) is 70.2. The molecule has 0 aromatic rings. The van der Waals surface area contributed by atoms with Crippen molar-refractivity contribution >= 4 is 12.3 Å². The Labute approximate surface area is 489 Å². The van der Waals surface area contributed by atoms with Crippen LogP contribution in [0.2, 0.25) is 0 Å². The number of fused-ring (bicyclic) bond motifs is 3. The molecule has 492 valence electrons. The Kier molecular flexibility index (Phi) is 24.6. The molecule has 85 heavy (non-hydrogen) atoms. The van der Waals surface area contributed by atoms with E-state index in [-0.39, 0.29) is 30.5 Å². The number of carbonyl (C=O) groups is 2. The second-order valence-corrected chi connectivity index (χ2v) is 24.3. The summed E-state index contributed by atoms with van der Waals surface area (Å²) in [6.07, 6.45) is -47.4. The van der Waals surface area contributed by atoms with Crippen LogP contribution in [0.15, 0.2) is 12.2 Å². The van der Waals surface area contributed by atoms with E-state index >= 15 is 0 Å². The lowest BCUT2D eigenvalue weighted by Gasteiger charge is -2.59. The van der Waals surface area contributed by atoms with Crippen molar-refractivity contribution in [1.29, 1.82) is 0 Å². The zero-order valence-electron chi connectivity index (χ0n) is 47.5. The summed E-state index contributed by atoms with van der Waals surface area (Å²) in [7, 11) is 1.06. The maximum absolute atomic E-state index is 14.9. The number of aldehydes is 1. The van der Waals surface area contributed by atoms with Crippen LogP contribution in [0.4, 0.5) is 0 Å². The number of aliphatic hydroxyl groups excluding tert-OH is 19. The summed E-state index contributed by atoms with van der Waals surface area (Å²) in [6, 6.07) is 0. The standard InChI is InChI=1S/C54H90O31/c1-20-12-22-7-9-31-53(2,10-5-11-54(31,3)52(75)85-51-46(41(71)37(67)30(18-59)82-51)84-47(76-4)33(63)24(60)14-55)23(22)8-6-21(20)13-26(78-49-43(73)39(69)35(65)28(16-57)80-49)45(83-50-44(74)40(70)36(66)29(17-58)81-50)32(62)25(61)19-77-48-42(72)38(68)34(64)27(15-56)79-48/h14,21-51,56-74H,1,5-13,15-19H2,2-4H3/t21?,22?,23-,24?,25?,26?,27?,28?,29?,30?,31?,32?,33?,34?,35?,36?,37?,38?,39?,40?,41?,42?,43?,44?,45?,46?,47?,48?,49?,50?,51?,53+,54-/m1/s1. The van der Waals surface area contributed by atoms with Crippen molar-refractivity contribution in [2.75, 3.05) is 40.1 Å². The molecule has 7 aliphatic rings. The van der Waals surface area contributed by atoms with Crippen LogP contribution in [0.1, 0.15) is 71.6 Å². The minimum absolute atomic E-state index is 0.0153. The number of methoxy groups -OCH3 is 1. The second-order valence-electron chi connectivity index (χ2n) is 24.3. The number of esters is 1. The fourth-order valence-electron chi connectivity index (χ4n) is 14.1. The molecule has 4 heterocycles. The molecule has 33 atom stereocenters. The van der Waals surface area contributed by atoms with Crippen LogP contribution >= 0.6 is 0 Å². The summed E-state index contributed by atoms with van der Waals surface area (Å²) in [5.74, 6) is -1.99. The number of hydrogen-bond acceptors (Lipinski definition) is 31. The monoisotopic (exact) mass is 1230 g/mol. The van der Waals surface area contributed by atoms with Gasteiger partial charge in [0.25, 0.3) is 0 Å². The molecule has 30 unspecified atom stereocenters. The van der Waals surface area contributed by atoms with Gasteiger partial charge in [0.1, 0.15) is 122 Å². The molecule has 4 aliphatic heterocycles. The van der Waals surface area contributed by atoms with Gasteiger partial charge in [-0.2, -0.15) is 0 Å². The molecule has 0 amide bonds. The number of rotatable bonds is 24. The van der Waals surface area contributed by atoms with Crippen LogP contribution in [0.3, 0.4) is 0 Å². The highest BCUT2D eigenvalue weighted by atomic mass is 16.8. The van der Waals surface area contributed by atoms with Gasteiger partial charge in [-0.1, -0.05) is 25.5 Å². The molecule has 7 fully saturated rings. The van der Waals surface area contributed by atoms with E-state index < -0.39 is 221 Å². The summed E-state index contributed by atoms with van der Waals surface area (Å²) in [5.41, 5.74) is -1.21. The Hall–Kier alpha value is -2.24. The van der Waals surface area contributed by atoms with Crippen molar-refractivity contribution in [2.45, 2.75) is 237 Å². The molecule has 3 aliphatic carbocycles. The lowest BCUT2D eigenvalue weighted by Crippen LogP contribution is -2.63. The molecule has 19 N–H and O–H groups in total. The predicted molar refractivity (Wildman–Crippen MR) is 277 cm³/mol. The SMILES string of the molecule is C=C1CC2CCC3[C@](C)(C(=O)OC4OC(CO)C(O)C(O)C4OC(OC)C(O)C(O)C=O)CCC[C@@]3(C)[C@@H]2CCC1CC(OC1OC(CO)C(O)C(O)C1O)C(OC1OC(CO)C(O)C(O)C1O)C(O)C(O)COC1OC(CO)C(O)C(O)C1O. The fourth-order valence-corrected chi connectivity index (χ4v) is 14.1. The van der Waals surface area contributed by atoms with Gasteiger partial charge in [-0.3, -0.25) is 4.79 Å². The first-order chi connectivity index (χ1) is 40.2. The molecular formula is C54H90O31. The van der Waals surface area contributed by atoms with Crippen LogP contribution in [-0.4, -0.2) is 315 Å². The van der Waals surface area contributed by atoms with E-state index in [1.54, 1.807) is 6.92 Å². The third kappa shape index (κ3) is 14.6. The van der Waals surface area contributed by atoms with Gasteiger partial charge in [-0.05, 0) is 87.4 Å². The van der Waals surface area contributed by atoms with Crippen LogP contribution in [-0.2, 0) is 57.0 Å². The van der Waals surface area contributed by atoms with Gasteiger partial charge in [0, 0.05) is 7.11 Å². The Bertz CT molecular complexity index is 2130. The molecular weight excluding hydrogens is 1140 g/mol. The summed E-state index contributed by atoms with van der Waals surface area (Å²) < 4.78 is 57.7. The number of allylic oxidation sites excluding steroid dienone is 1. The lowest BCUT2D eigenvalue weighted by molar-refractivity contribution is -0.351. The smallest absolute Gasteiger partial charge is 0.314 e. The van der Waals surface area contributed by atoms with E-state index in [0.717, 1.165) is 7.11 Å².